The SMILES string of the molecule is Cc1cc([C@H](C2CCOCC2)N2CCNCC2)cc(C)c1OCc1ccccc1. The van der Waals surface area contributed by atoms with Crippen molar-refractivity contribution in [1.82, 2.24) is 10.2 Å². The average molecular weight is 395 g/mol. The first-order valence-corrected chi connectivity index (χ1v) is 11.0. The summed E-state index contributed by atoms with van der Waals surface area (Å²) in [4.78, 5) is 2.69. The van der Waals surface area contributed by atoms with Crippen molar-refractivity contribution in [2.75, 3.05) is 39.4 Å². The molecule has 0 saturated carbocycles. The molecule has 156 valence electrons. The van der Waals surface area contributed by atoms with Gasteiger partial charge in [-0.05, 0) is 54.9 Å². The van der Waals surface area contributed by atoms with E-state index in [1.165, 1.54) is 22.3 Å². The summed E-state index contributed by atoms with van der Waals surface area (Å²) in [6.45, 7) is 11.2. The van der Waals surface area contributed by atoms with Gasteiger partial charge >= 0.3 is 0 Å². The first-order valence-electron chi connectivity index (χ1n) is 11.0. The minimum atomic E-state index is 0.474. The van der Waals surface area contributed by atoms with Crippen molar-refractivity contribution in [3.63, 3.8) is 0 Å². The molecule has 4 heteroatoms. The van der Waals surface area contributed by atoms with Gasteiger partial charge in [0.25, 0.3) is 0 Å². The van der Waals surface area contributed by atoms with Gasteiger partial charge < -0.3 is 14.8 Å². The van der Waals surface area contributed by atoms with Crippen LogP contribution < -0.4 is 10.1 Å². The van der Waals surface area contributed by atoms with Crippen LogP contribution in [0.25, 0.3) is 0 Å². The van der Waals surface area contributed by atoms with Gasteiger partial charge in [0.05, 0.1) is 0 Å². The number of rotatable bonds is 6. The van der Waals surface area contributed by atoms with E-state index in [1.54, 1.807) is 0 Å². The van der Waals surface area contributed by atoms with Crippen LogP contribution in [0.2, 0.25) is 0 Å². The monoisotopic (exact) mass is 394 g/mol. The molecule has 29 heavy (non-hydrogen) atoms. The Morgan fingerprint density at radius 1 is 1.03 bits per heavy atom. The van der Waals surface area contributed by atoms with Crippen LogP contribution in [0.4, 0.5) is 0 Å². The van der Waals surface area contributed by atoms with Crippen molar-refractivity contribution in [2.24, 2.45) is 5.92 Å². The highest BCUT2D eigenvalue weighted by molar-refractivity contribution is 5.44. The molecule has 2 aliphatic rings. The summed E-state index contributed by atoms with van der Waals surface area (Å²) in [5.41, 5.74) is 5.13. The minimum Gasteiger partial charge on any atom is -0.488 e. The van der Waals surface area contributed by atoms with E-state index in [-0.39, 0.29) is 0 Å². The fourth-order valence-corrected chi connectivity index (χ4v) is 4.88. The quantitative estimate of drug-likeness (QED) is 0.794. The number of aryl methyl sites for hydroxylation is 2. The number of hydrogen-bond acceptors (Lipinski definition) is 4. The lowest BCUT2D eigenvalue weighted by atomic mass is 9.84. The van der Waals surface area contributed by atoms with Crippen LogP contribution in [-0.2, 0) is 11.3 Å². The largest absolute Gasteiger partial charge is 0.488 e. The van der Waals surface area contributed by atoms with E-state index in [2.05, 4.69) is 60.5 Å². The van der Waals surface area contributed by atoms with Crippen LogP contribution in [0, 0.1) is 19.8 Å². The lowest BCUT2D eigenvalue weighted by Gasteiger charge is -2.41. The Balaban J connectivity index is 1.57. The van der Waals surface area contributed by atoms with E-state index in [1.807, 2.05) is 6.07 Å². The third-order valence-corrected chi connectivity index (χ3v) is 6.31. The second-order valence-corrected chi connectivity index (χ2v) is 8.44. The Morgan fingerprint density at radius 3 is 2.34 bits per heavy atom. The average Bonchev–Trinajstić information content (AvgIpc) is 2.76. The van der Waals surface area contributed by atoms with Crippen LogP contribution in [0.1, 0.15) is 41.1 Å². The molecule has 0 radical (unpaired) electrons. The molecule has 2 fully saturated rings. The highest BCUT2D eigenvalue weighted by Gasteiger charge is 2.31. The zero-order valence-corrected chi connectivity index (χ0v) is 17.8. The molecule has 1 N–H and O–H groups in total. The minimum absolute atomic E-state index is 0.474. The smallest absolute Gasteiger partial charge is 0.125 e. The number of nitrogens with one attached hydrogen (secondary N) is 1. The van der Waals surface area contributed by atoms with Gasteiger partial charge in [0, 0.05) is 45.4 Å². The number of piperazine rings is 1. The van der Waals surface area contributed by atoms with E-state index in [9.17, 15) is 0 Å². The topological polar surface area (TPSA) is 33.7 Å². The van der Waals surface area contributed by atoms with Gasteiger partial charge in [-0.1, -0.05) is 42.5 Å². The van der Waals surface area contributed by atoms with E-state index >= 15 is 0 Å². The Hall–Kier alpha value is -1.88. The molecule has 2 heterocycles. The molecule has 4 rings (SSSR count). The second kappa shape index (κ2) is 9.75. The highest BCUT2D eigenvalue weighted by Crippen LogP contribution is 2.38. The molecule has 0 aromatic heterocycles. The molecule has 0 amide bonds. The van der Waals surface area contributed by atoms with Gasteiger partial charge in [0.2, 0.25) is 0 Å². The van der Waals surface area contributed by atoms with Crippen LogP contribution >= 0.6 is 0 Å². The third-order valence-electron chi connectivity index (χ3n) is 6.31. The summed E-state index contributed by atoms with van der Waals surface area (Å²) in [5, 5.41) is 3.50. The summed E-state index contributed by atoms with van der Waals surface area (Å²) >= 11 is 0. The van der Waals surface area contributed by atoms with E-state index in [0.29, 0.717) is 18.6 Å². The molecule has 1 atom stereocenters. The number of ether oxygens (including phenoxy) is 2. The lowest BCUT2D eigenvalue weighted by Crippen LogP contribution is -2.47. The van der Waals surface area contributed by atoms with Crippen LogP contribution in [0.5, 0.6) is 5.75 Å². The number of nitrogens with zero attached hydrogens (tertiary/aromatic N) is 1. The molecular formula is C25H34N2O2. The van der Waals surface area contributed by atoms with Gasteiger partial charge in [0.1, 0.15) is 12.4 Å². The molecular weight excluding hydrogens is 360 g/mol. The molecule has 2 aliphatic heterocycles. The standard InChI is InChI=1S/C25H34N2O2/c1-19-16-23(17-20(2)25(19)29-18-21-6-4-3-5-7-21)24(22-8-14-28-15-9-22)27-12-10-26-11-13-27/h3-7,16-17,22,24,26H,8-15,18H2,1-2H3/t24-/m0/s1. The Labute approximate surface area is 175 Å². The summed E-state index contributed by atoms with van der Waals surface area (Å²) in [5.74, 6) is 1.69. The molecule has 4 nitrogen and oxygen atoms in total. The van der Waals surface area contributed by atoms with E-state index < -0.39 is 0 Å². The Kier molecular flexibility index (Phi) is 6.86. The second-order valence-electron chi connectivity index (χ2n) is 8.44. The molecule has 2 aromatic carbocycles. The highest BCUT2D eigenvalue weighted by atomic mass is 16.5. The molecule has 0 aliphatic carbocycles. The van der Waals surface area contributed by atoms with Gasteiger partial charge in [-0.3, -0.25) is 4.90 Å². The number of hydrogen-bond donors (Lipinski definition) is 1. The zero-order chi connectivity index (χ0) is 20.1. The van der Waals surface area contributed by atoms with Crippen molar-refractivity contribution in [3.05, 3.63) is 64.7 Å². The van der Waals surface area contributed by atoms with Crippen molar-refractivity contribution in [1.29, 1.82) is 0 Å². The van der Waals surface area contributed by atoms with Crippen molar-refractivity contribution >= 4 is 0 Å². The van der Waals surface area contributed by atoms with Crippen LogP contribution in [-0.4, -0.2) is 44.3 Å². The fraction of sp³-hybridized carbons (Fsp3) is 0.520. The summed E-state index contributed by atoms with van der Waals surface area (Å²) < 4.78 is 11.9. The first kappa shape index (κ1) is 20.4. The molecule has 0 spiro atoms. The van der Waals surface area contributed by atoms with Gasteiger partial charge in [-0.2, -0.15) is 0 Å². The van der Waals surface area contributed by atoms with E-state index in [0.717, 1.165) is 58.0 Å². The number of benzene rings is 2. The maximum absolute atomic E-state index is 6.24. The van der Waals surface area contributed by atoms with Gasteiger partial charge in [-0.25, -0.2) is 0 Å². The normalized spacial score (nSPS) is 19.8. The predicted molar refractivity (Wildman–Crippen MR) is 117 cm³/mol. The summed E-state index contributed by atoms with van der Waals surface area (Å²) in [6.07, 6.45) is 2.30. The maximum Gasteiger partial charge on any atom is 0.125 e. The van der Waals surface area contributed by atoms with Crippen LogP contribution in [0.3, 0.4) is 0 Å². The Morgan fingerprint density at radius 2 is 1.69 bits per heavy atom. The molecule has 2 aromatic rings. The maximum atomic E-state index is 6.24. The summed E-state index contributed by atoms with van der Waals surface area (Å²) in [7, 11) is 0. The predicted octanol–water partition coefficient (Wildman–Crippen LogP) is 4.26. The van der Waals surface area contributed by atoms with E-state index in [4.69, 9.17) is 9.47 Å². The van der Waals surface area contributed by atoms with Crippen molar-refractivity contribution in [3.8, 4) is 5.75 Å². The lowest BCUT2D eigenvalue weighted by molar-refractivity contribution is 0.0212. The van der Waals surface area contributed by atoms with Gasteiger partial charge in [-0.15, -0.1) is 0 Å². The zero-order valence-electron chi connectivity index (χ0n) is 17.8. The summed E-state index contributed by atoms with van der Waals surface area (Å²) in [6, 6.07) is 15.6. The Bertz CT molecular complexity index is 740. The van der Waals surface area contributed by atoms with Crippen LogP contribution in [0.15, 0.2) is 42.5 Å². The fourth-order valence-electron chi connectivity index (χ4n) is 4.88. The first-order chi connectivity index (χ1) is 14.2. The third kappa shape index (κ3) is 5.00. The van der Waals surface area contributed by atoms with Gasteiger partial charge in [0.15, 0.2) is 0 Å². The van der Waals surface area contributed by atoms with Crippen molar-refractivity contribution < 1.29 is 9.47 Å². The molecule has 2 saturated heterocycles. The molecule has 0 unspecified atom stereocenters. The van der Waals surface area contributed by atoms with Crippen molar-refractivity contribution in [2.45, 2.75) is 39.3 Å². The molecule has 0 bridgehead atoms.